The minimum Gasteiger partial charge on any atom is -0.543 e. The predicted octanol–water partition coefficient (Wildman–Crippen LogP) is 5.43. The topological polar surface area (TPSA) is 21.8 Å². The van der Waals surface area contributed by atoms with Crippen LogP contribution in [0.4, 0.5) is 0 Å². The molecule has 1 aliphatic heterocycles. The van der Waals surface area contributed by atoms with Crippen molar-refractivity contribution in [2.75, 3.05) is 6.61 Å². The third-order valence-corrected chi connectivity index (χ3v) is 9.23. The summed E-state index contributed by atoms with van der Waals surface area (Å²) in [6, 6.07) is 3.90. The Morgan fingerprint density at radius 3 is 2.50 bits per heavy atom. The summed E-state index contributed by atoms with van der Waals surface area (Å²) in [5.41, 5.74) is 1.14. The molecule has 1 fully saturated rings. The van der Waals surface area contributed by atoms with Crippen molar-refractivity contribution in [2.24, 2.45) is 0 Å². The Hall–Kier alpha value is -0.0331. The zero-order valence-electron chi connectivity index (χ0n) is 12.7. The van der Waals surface area contributed by atoms with Crippen LogP contribution in [0.3, 0.4) is 0 Å². The Balaban J connectivity index is 2.34. The normalized spacial score (nSPS) is 19.1. The van der Waals surface area contributed by atoms with Gasteiger partial charge in [-0.05, 0) is 51.8 Å². The number of ether oxygens (including phenoxy) is 1. The minimum atomic E-state index is -1.87. The fourth-order valence-corrected chi connectivity index (χ4v) is 3.88. The van der Waals surface area contributed by atoms with Crippen LogP contribution in [0, 0.1) is 0 Å². The zero-order chi connectivity index (χ0) is 15.1. The standard InChI is InChI=1S/C15H22BrClO2Si/c1-15(2,3)20(4,5)19-14-10(7-12-9-18-12)6-11(17)8-13(14)16/h6,8,12H,7,9H2,1-5H3/t12-/m1/s1. The molecule has 1 saturated heterocycles. The first-order valence-electron chi connectivity index (χ1n) is 6.89. The van der Waals surface area contributed by atoms with E-state index in [0.29, 0.717) is 6.10 Å². The number of hydrogen-bond donors (Lipinski definition) is 0. The van der Waals surface area contributed by atoms with Crippen LogP contribution in [0.2, 0.25) is 23.2 Å². The summed E-state index contributed by atoms with van der Waals surface area (Å²) in [6.45, 7) is 12.1. The second kappa shape index (κ2) is 5.63. The zero-order valence-corrected chi connectivity index (χ0v) is 16.1. The van der Waals surface area contributed by atoms with Gasteiger partial charge in [-0.1, -0.05) is 32.4 Å². The number of rotatable bonds is 4. The second-order valence-electron chi connectivity index (χ2n) is 6.90. The molecule has 1 heterocycles. The Kier molecular flexibility index (Phi) is 4.60. The van der Waals surface area contributed by atoms with Crippen LogP contribution in [0.5, 0.6) is 5.75 Å². The first-order valence-corrected chi connectivity index (χ1v) is 11.0. The van der Waals surface area contributed by atoms with E-state index in [1.165, 1.54) is 0 Å². The average molecular weight is 378 g/mol. The third-order valence-electron chi connectivity index (χ3n) is 4.10. The van der Waals surface area contributed by atoms with Gasteiger partial charge in [0.2, 0.25) is 0 Å². The maximum absolute atomic E-state index is 6.49. The highest BCUT2D eigenvalue weighted by Gasteiger charge is 2.40. The lowest BCUT2D eigenvalue weighted by Crippen LogP contribution is -2.44. The van der Waals surface area contributed by atoms with E-state index < -0.39 is 8.32 Å². The predicted molar refractivity (Wildman–Crippen MR) is 90.4 cm³/mol. The fourth-order valence-electron chi connectivity index (χ4n) is 1.72. The maximum atomic E-state index is 6.49. The lowest BCUT2D eigenvalue weighted by atomic mass is 10.1. The monoisotopic (exact) mass is 376 g/mol. The first kappa shape index (κ1) is 16.3. The van der Waals surface area contributed by atoms with E-state index in [1.807, 2.05) is 12.1 Å². The van der Waals surface area contributed by atoms with Gasteiger partial charge in [0.05, 0.1) is 17.2 Å². The second-order valence-corrected chi connectivity index (χ2v) is 12.9. The molecule has 0 aromatic heterocycles. The van der Waals surface area contributed by atoms with Gasteiger partial charge < -0.3 is 9.16 Å². The number of hydrogen-bond acceptors (Lipinski definition) is 2. The number of halogens is 2. The number of benzene rings is 1. The summed E-state index contributed by atoms with van der Waals surface area (Å²) >= 11 is 9.77. The summed E-state index contributed by atoms with van der Waals surface area (Å²) < 4.78 is 12.8. The van der Waals surface area contributed by atoms with Crippen LogP contribution in [0.15, 0.2) is 16.6 Å². The lowest BCUT2D eigenvalue weighted by Gasteiger charge is -2.37. The molecule has 2 rings (SSSR count). The van der Waals surface area contributed by atoms with E-state index in [2.05, 4.69) is 49.8 Å². The highest BCUT2D eigenvalue weighted by Crippen LogP contribution is 2.42. The van der Waals surface area contributed by atoms with E-state index in [1.54, 1.807) is 0 Å². The van der Waals surface area contributed by atoms with Crippen LogP contribution in [-0.2, 0) is 11.2 Å². The summed E-state index contributed by atoms with van der Waals surface area (Å²) in [4.78, 5) is 0. The highest BCUT2D eigenvalue weighted by molar-refractivity contribution is 9.10. The van der Waals surface area contributed by atoms with Gasteiger partial charge >= 0.3 is 0 Å². The molecule has 0 radical (unpaired) electrons. The smallest absolute Gasteiger partial charge is 0.250 e. The molecule has 0 saturated carbocycles. The molecule has 0 unspecified atom stereocenters. The molecule has 0 N–H and O–H groups in total. The van der Waals surface area contributed by atoms with E-state index in [4.69, 9.17) is 20.8 Å². The molecule has 0 aliphatic carbocycles. The Morgan fingerprint density at radius 2 is 2.00 bits per heavy atom. The SMILES string of the molecule is CC(C)(C)[Si](C)(C)Oc1c(Br)cc(Cl)cc1C[C@@H]1CO1. The largest absolute Gasteiger partial charge is 0.543 e. The molecule has 0 amide bonds. The van der Waals surface area contributed by atoms with E-state index in [9.17, 15) is 0 Å². The van der Waals surface area contributed by atoms with Gasteiger partial charge in [-0.15, -0.1) is 0 Å². The van der Waals surface area contributed by atoms with Crippen molar-refractivity contribution in [2.45, 2.75) is 51.4 Å². The van der Waals surface area contributed by atoms with E-state index in [-0.39, 0.29) is 5.04 Å². The molecular formula is C15H22BrClO2Si. The Morgan fingerprint density at radius 1 is 1.40 bits per heavy atom. The Bertz CT molecular complexity index is 507. The fraction of sp³-hybridized carbons (Fsp3) is 0.600. The van der Waals surface area contributed by atoms with Gasteiger partial charge in [0.1, 0.15) is 5.75 Å². The highest BCUT2D eigenvalue weighted by atomic mass is 79.9. The molecule has 1 atom stereocenters. The van der Waals surface area contributed by atoms with Crippen molar-refractivity contribution in [3.8, 4) is 5.75 Å². The van der Waals surface area contributed by atoms with Crippen LogP contribution in [0.25, 0.3) is 0 Å². The molecule has 20 heavy (non-hydrogen) atoms. The quantitative estimate of drug-likeness (QED) is 0.515. The van der Waals surface area contributed by atoms with Gasteiger partial charge in [0.15, 0.2) is 0 Å². The minimum absolute atomic E-state index is 0.166. The summed E-state index contributed by atoms with van der Waals surface area (Å²) in [5, 5.41) is 0.898. The first-order chi connectivity index (χ1) is 9.10. The van der Waals surface area contributed by atoms with Gasteiger partial charge in [-0.3, -0.25) is 0 Å². The molecule has 1 aliphatic rings. The summed E-state index contributed by atoms with van der Waals surface area (Å²) in [7, 11) is -1.87. The van der Waals surface area contributed by atoms with Gasteiger partial charge in [0, 0.05) is 11.4 Å². The van der Waals surface area contributed by atoms with E-state index >= 15 is 0 Å². The van der Waals surface area contributed by atoms with Gasteiger partial charge in [0.25, 0.3) is 8.32 Å². The molecule has 1 aromatic carbocycles. The van der Waals surface area contributed by atoms with Crippen LogP contribution >= 0.6 is 27.5 Å². The van der Waals surface area contributed by atoms with Crippen LogP contribution < -0.4 is 4.43 Å². The van der Waals surface area contributed by atoms with Crippen molar-refractivity contribution < 1.29 is 9.16 Å². The Labute approximate surface area is 136 Å². The molecular weight excluding hydrogens is 356 g/mol. The molecule has 1 aromatic rings. The molecule has 112 valence electrons. The van der Waals surface area contributed by atoms with Gasteiger partial charge in [-0.25, -0.2) is 0 Å². The van der Waals surface area contributed by atoms with Crippen molar-refractivity contribution in [3.05, 3.63) is 27.2 Å². The van der Waals surface area contributed by atoms with Crippen LogP contribution in [0.1, 0.15) is 26.3 Å². The average Bonchev–Trinajstić information content (AvgIpc) is 3.05. The number of epoxide rings is 1. The van der Waals surface area contributed by atoms with Gasteiger partial charge in [-0.2, -0.15) is 0 Å². The summed E-state index contributed by atoms with van der Waals surface area (Å²) in [6.07, 6.45) is 1.19. The third kappa shape index (κ3) is 3.78. The van der Waals surface area contributed by atoms with E-state index in [0.717, 1.165) is 33.8 Å². The van der Waals surface area contributed by atoms with Crippen molar-refractivity contribution in [3.63, 3.8) is 0 Å². The van der Waals surface area contributed by atoms with Crippen LogP contribution in [-0.4, -0.2) is 21.0 Å². The van der Waals surface area contributed by atoms with Crippen molar-refractivity contribution >= 4 is 35.8 Å². The lowest BCUT2D eigenvalue weighted by molar-refractivity contribution is 0.404. The molecule has 0 spiro atoms. The summed E-state index contributed by atoms with van der Waals surface area (Å²) in [5.74, 6) is 0.941. The molecule has 5 heteroatoms. The van der Waals surface area contributed by atoms with Crippen molar-refractivity contribution in [1.82, 2.24) is 0 Å². The maximum Gasteiger partial charge on any atom is 0.250 e. The molecule has 0 bridgehead atoms. The molecule has 2 nitrogen and oxygen atoms in total. The van der Waals surface area contributed by atoms with Crippen molar-refractivity contribution in [1.29, 1.82) is 0 Å².